The summed E-state index contributed by atoms with van der Waals surface area (Å²) in [5, 5.41) is 14.8. The normalized spacial score (nSPS) is 10.1. The Labute approximate surface area is 146 Å². The van der Waals surface area contributed by atoms with Gasteiger partial charge in [0.2, 0.25) is 0 Å². The number of amides is 1. The zero-order chi connectivity index (χ0) is 18.4. The molecule has 2 rings (SSSR count). The Kier molecular flexibility index (Phi) is 5.73. The summed E-state index contributed by atoms with van der Waals surface area (Å²) in [4.78, 5) is 13.9. The number of carbonyl (C=O) groups excluding carboxylic acids is 1. The minimum atomic E-state index is -0.142. The van der Waals surface area contributed by atoms with Gasteiger partial charge in [-0.25, -0.2) is 0 Å². The van der Waals surface area contributed by atoms with Crippen molar-refractivity contribution in [2.45, 2.75) is 0 Å². The molecule has 0 saturated carbocycles. The Morgan fingerprint density at radius 1 is 1.00 bits per heavy atom. The number of nitrogens with two attached hydrogens (primary N) is 2. The Bertz CT molecular complexity index is 786. The van der Waals surface area contributed by atoms with Crippen molar-refractivity contribution in [3.05, 3.63) is 65.2 Å². The van der Waals surface area contributed by atoms with Gasteiger partial charge in [-0.05, 0) is 24.3 Å². The number of benzene rings is 2. The third-order valence-electron chi connectivity index (χ3n) is 3.63. The fraction of sp³-hybridized carbons (Fsp3) is 0.167. The lowest BCUT2D eigenvalue weighted by molar-refractivity contribution is 0.0774. The van der Waals surface area contributed by atoms with Crippen LogP contribution >= 0.6 is 0 Å². The van der Waals surface area contributed by atoms with Crippen LogP contribution in [0, 0.1) is 10.8 Å². The van der Waals surface area contributed by atoms with Crippen molar-refractivity contribution in [2.75, 3.05) is 20.2 Å². The molecule has 130 valence electrons. The number of likely N-dealkylation sites (N-methyl/N-ethyl adjacent to an activating group) is 1. The fourth-order valence-electron chi connectivity index (χ4n) is 2.17. The first-order valence-electron chi connectivity index (χ1n) is 7.65. The van der Waals surface area contributed by atoms with Gasteiger partial charge < -0.3 is 21.1 Å². The molecule has 2 aromatic rings. The summed E-state index contributed by atoms with van der Waals surface area (Å²) in [6.45, 7) is 0.715. The molecule has 0 radical (unpaired) electrons. The molecule has 0 aliphatic rings. The highest BCUT2D eigenvalue weighted by atomic mass is 16.5. The van der Waals surface area contributed by atoms with Crippen molar-refractivity contribution in [3.8, 4) is 5.75 Å². The highest BCUT2D eigenvalue weighted by Gasteiger charge is 2.12. The molecule has 0 aliphatic carbocycles. The van der Waals surface area contributed by atoms with E-state index in [-0.39, 0.29) is 17.6 Å². The van der Waals surface area contributed by atoms with E-state index in [9.17, 15) is 4.79 Å². The molecule has 0 saturated heterocycles. The SMILES string of the molecule is CN(CCOc1cccc(C(=N)N)c1)C(=O)c1ccc(C(=N)N)cc1. The molecule has 0 aliphatic heterocycles. The van der Waals surface area contributed by atoms with E-state index in [2.05, 4.69) is 0 Å². The van der Waals surface area contributed by atoms with E-state index in [4.69, 9.17) is 27.0 Å². The molecule has 6 N–H and O–H groups in total. The maximum atomic E-state index is 12.4. The molecule has 7 heteroatoms. The molecule has 0 heterocycles. The maximum absolute atomic E-state index is 12.4. The molecule has 0 aromatic heterocycles. The zero-order valence-corrected chi connectivity index (χ0v) is 14.0. The highest BCUT2D eigenvalue weighted by Crippen LogP contribution is 2.13. The molecule has 0 unspecified atom stereocenters. The lowest BCUT2D eigenvalue weighted by Gasteiger charge is -2.18. The van der Waals surface area contributed by atoms with Crippen LogP contribution in [-0.4, -0.2) is 42.7 Å². The average molecular weight is 339 g/mol. The van der Waals surface area contributed by atoms with Crippen LogP contribution in [-0.2, 0) is 0 Å². The first-order valence-corrected chi connectivity index (χ1v) is 7.65. The number of amidine groups is 2. The van der Waals surface area contributed by atoms with Gasteiger partial charge in [0, 0.05) is 23.7 Å². The van der Waals surface area contributed by atoms with Gasteiger partial charge in [0.15, 0.2) is 0 Å². The van der Waals surface area contributed by atoms with E-state index in [1.807, 2.05) is 0 Å². The third-order valence-corrected chi connectivity index (χ3v) is 3.63. The largest absolute Gasteiger partial charge is 0.492 e. The summed E-state index contributed by atoms with van der Waals surface area (Å²) >= 11 is 0. The van der Waals surface area contributed by atoms with Crippen molar-refractivity contribution < 1.29 is 9.53 Å². The van der Waals surface area contributed by atoms with E-state index in [1.165, 1.54) is 0 Å². The predicted octanol–water partition coefficient (Wildman–Crippen LogP) is 1.41. The number of hydrogen-bond acceptors (Lipinski definition) is 4. The van der Waals surface area contributed by atoms with Crippen LogP contribution in [0.1, 0.15) is 21.5 Å². The van der Waals surface area contributed by atoms with Crippen molar-refractivity contribution in [2.24, 2.45) is 11.5 Å². The van der Waals surface area contributed by atoms with Crippen molar-refractivity contribution in [1.29, 1.82) is 10.8 Å². The van der Waals surface area contributed by atoms with Crippen LogP contribution in [0.15, 0.2) is 48.5 Å². The van der Waals surface area contributed by atoms with Gasteiger partial charge >= 0.3 is 0 Å². The minimum absolute atomic E-state index is 0.0215. The second-order valence-electron chi connectivity index (χ2n) is 5.51. The standard InChI is InChI=1S/C18H21N5O2/c1-23(18(24)13-7-5-12(6-8-13)16(19)20)9-10-25-15-4-2-3-14(11-15)17(21)22/h2-8,11H,9-10H2,1H3,(H3,19,20)(H3,21,22). The van der Waals surface area contributed by atoms with Crippen LogP contribution < -0.4 is 16.2 Å². The molecule has 0 fully saturated rings. The van der Waals surface area contributed by atoms with Crippen LogP contribution in [0.5, 0.6) is 5.75 Å². The summed E-state index contributed by atoms with van der Waals surface area (Å²) in [5.74, 6) is 0.399. The minimum Gasteiger partial charge on any atom is -0.492 e. The quantitative estimate of drug-likeness (QED) is 0.449. The van der Waals surface area contributed by atoms with Gasteiger partial charge in [0.05, 0.1) is 6.54 Å². The molecular weight excluding hydrogens is 318 g/mol. The number of nitrogens with zero attached hydrogens (tertiary/aromatic N) is 1. The van der Waals surface area contributed by atoms with Gasteiger partial charge in [0.1, 0.15) is 24.0 Å². The smallest absolute Gasteiger partial charge is 0.253 e. The first-order chi connectivity index (χ1) is 11.9. The van der Waals surface area contributed by atoms with E-state index >= 15 is 0 Å². The van der Waals surface area contributed by atoms with Crippen LogP contribution in [0.25, 0.3) is 0 Å². The molecule has 0 atom stereocenters. The van der Waals surface area contributed by atoms with Crippen LogP contribution in [0.3, 0.4) is 0 Å². The highest BCUT2D eigenvalue weighted by molar-refractivity contribution is 5.98. The zero-order valence-electron chi connectivity index (χ0n) is 14.0. The molecule has 0 spiro atoms. The average Bonchev–Trinajstić information content (AvgIpc) is 2.61. The lowest BCUT2D eigenvalue weighted by atomic mass is 10.1. The molecule has 2 aromatic carbocycles. The summed E-state index contributed by atoms with van der Waals surface area (Å²) in [6, 6.07) is 13.5. The van der Waals surface area contributed by atoms with E-state index in [0.717, 1.165) is 0 Å². The van der Waals surface area contributed by atoms with Crippen molar-refractivity contribution in [3.63, 3.8) is 0 Å². The number of nitrogen functional groups attached to an aromatic ring is 2. The lowest BCUT2D eigenvalue weighted by Crippen LogP contribution is -2.31. The van der Waals surface area contributed by atoms with Gasteiger partial charge in [0.25, 0.3) is 5.91 Å². The molecule has 25 heavy (non-hydrogen) atoms. The summed E-state index contributed by atoms with van der Waals surface area (Å²) < 4.78 is 5.61. The molecular formula is C18H21N5O2. The summed E-state index contributed by atoms with van der Waals surface area (Å²) in [5.41, 5.74) is 12.5. The Morgan fingerprint density at radius 3 is 2.20 bits per heavy atom. The van der Waals surface area contributed by atoms with Gasteiger partial charge in [-0.1, -0.05) is 24.3 Å². The number of hydrogen-bond donors (Lipinski definition) is 4. The summed E-state index contributed by atoms with van der Waals surface area (Å²) in [6.07, 6.45) is 0. The maximum Gasteiger partial charge on any atom is 0.253 e. The Balaban J connectivity index is 1.90. The number of nitrogens with one attached hydrogen (secondary N) is 2. The fourth-order valence-corrected chi connectivity index (χ4v) is 2.17. The number of carbonyl (C=O) groups is 1. The van der Waals surface area contributed by atoms with Gasteiger partial charge in [-0.2, -0.15) is 0 Å². The monoisotopic (exact) mass is 339 g/mol. The van der Waals surface area contributed by atoms with E-state index < -0.39 is 0 Å². The Hall–Kier alpha value is -3.35. The second-order valence-corrected chi connectivity index (χ2v) is 5.51. The first kappa shape index (κ1) is 18.0. The third kappa shape index (κ3) is 4.81. The Morgan fingerprint density at radius 2 is 1.60 bits per heavy atom. The number of ether oxygens (including phenoxy) is 1. The molecule has 7 nitrogen and oxygen atoms in total. The number of rotatable bonds is 7. The van der Waals surface area contributed by atoms with Crippen molar-refractivity contribution >= 4 is 17.6 Å². The van der Waals surface area contributed by atoms with Gasteiger partial charge in [-0.3, -0.25) is 15.6 Å². The second kappa shape index (κ2) is 7.96. The van der Waals surface area contributed by atoms with Gasteiger partial charge in [-0.15, -0.1) is 0 Å². The van der Waals surface area contributed by atoms with E-state index in [0.29, 0.717) is 35.6 Å². The predicted molar refractivity (Wildman–Crippen MR) is 97.4 cm³/mol. The van der Waals surface area contributed by atoms with Crippen molar-refractivity contribution in [1.82, 2.24) is 4.90 Å². The van der Waals surface area contributed by atoms with E-state index in [1.54, 1.807) is 60.5 Å². The van der Waals surface area contributed by atoms with Crippen LogP contribution in [0.4, 0.5) is 0 Å². The van der Waals surface area contributed by atoms with Crippen LogP contribution in [0.2, 0.25) is 0 Å². The molecule has 1 amide bonds. The topological polar surface area (TPSA) is 129 Å². The summed E-state index contributed by atoms with van der Waals surface area (Å²) in [7, 11) is 1.69. The molecule has 0 bridgehead atoms.